The van der Waals surface area contributed by atoms with Crippen LogP contribution >= 0.6 is 0 Å². The lowest BCUT2D eigenvalue weighted by Gasteiger charge is -2.47. The molecule has 2 aromatic rings. The van der Waals surface area contributed by atoms with Crippen LogP contribution < -0.4 is 0 Å². The normalized spacial score (nSPS) is 19.4. The van der Waals surface area contributed by atoms with Crippen molar-refractivity contribution >= 4 is 0 Å². The van der Waals surface area contributed by atoms with Crippen LogP contribution in [0, 0.1) is 0 Å². The monoisotopic (exact) mass is 310 g/mol. The Labute approximate surface area is 140 Å². The van der Waals surface area contributed by atoms with Gasteiger partial charge in [0, 0.05) is 31.3 Å². The highest BCUT2D eigenvalue weighted by Crippen LogP contribution is 2.43. The van der Waals surface area contributed by atoms with E-state index in [2.05, 4.69) is 67.7 Å². The van der Waals surface area contributed by atoms with Gasteiger partial charge in [-0.1, -0.05) is 60.7 Å². The Hall–Kier alpha value is -1.64. The van der Waals surface area contributed by atoms with Gasteiger partial charge in [-0.15, -0.1) is 0 Å². The Morgan fingerprint density at radius 1 is 0.870 bits per heavy atom. The summed E-state index contributed by atoms with van der Waals surface area (Å²) in [6, 6.07) is 22.0. The van der Waals surface area contributed by atoms with Gasteiger partial charge in [0.05, 0.1) is 26.7 Å². The Morgan fingerprint density at radius 3 is 1.78 bits per heavy atom. The third-order valence-electron chi connectivity index (χ3n) is 5.67. The first-order valence-corrected chi connectivity index (χ1v) is 8.74. The van der Waals surface area contributed by atoms with Gasteiger partial charge < -0.3 is 9.59 Å². The highest BCUT2D eigenvalue weighted by atomic mass is 16.3. The molecule has 122 valence electrons. The third kappa shape index (κ3) is 3.34. The number of nitrogens with zero attached hydrogens (tertiary/aromatic N) is 1. The zero-order valence-electron chi connectivity index (χ0n) is 14.1. The second kappa shape index (κ2) is 6.86. The van der Waals surface area contributed by atoms with Crippen LogP contribution in [0.3, 0.4) is 0 Å². The van der Waals surface area contributed by atoms with Gasteiger partial charge in [0.15, 0.2) is 0 Å². The van der Waals surface area contributed by atoms with Gasteiger partial charge in [-0.2, -0.15) is 0 Å². The van der Waals surface area contributed by atoms with Crippen LogP contribution in [0.4, 0.5) is 0 Å². The van der Waals surface area contributed by atoms with Crippen LogP contribution in [0.15, 0.2) is 60.7 Å². The predicted molar refractivity (Wildman–Crippen MR) is 95.4 cm³/mol. The quantitative estimate of drug-likeness (QED) is 0.837. The molecule has 2 heteroatoms. The summed E-state index contributed by atoms with van der Waals surface area (Å²) < 4.78 is 1.09. The first-order valence-electron chi connectivity index (χ1n) is 8.74. The zero-order chi connectivity index (χ0) is 16.2. The first-order chi connectivity index (χ1) is 11.2. The maximum Gasteiger partial charge on any atom is 0.0806 e. The van der Waals surface area contributed by atoms with E-state index in [9.17, 15) is 0 Å². The molecule has 0 unspecified atom stereocenters. The van der Waals surface area contributed by atoms with E-state index in [-0.39, 0.29) is 5.41 Å². The van der Waals surface area contributed by atoms with E-state index in [1.807, 2.05) is 0 Å². The Morgan fingerprint density at radius 2 is 1.35 bits per heavy atom. The molecular weight excluding hydrogens is 282 g/mol. The first kappa shape index (κ1) is 16.2. The fourth-order valence-corrected chi connectivity index (χ4v) is 4.09. The lowest BCUT2D eigenvalue weighted by Crippen LogP contribution is -2.54. The molecule has 0 atom stereocenters. The van der Waals surface area contributed by atoms with E-state index in [1.165, 1.54) is 37.1 Å². The molecule has 0 amide bonds. The van der Waals surface area contributed by atoms with Crippen molar-refractivity contribution in [3.05, 3.63) is 71.8 Å². The van der Waals surface area contributed by atoms with E-state index in [1.54, 1.807) is 0 Å². The number of aliphatic hydroxyl groups excluding tert-OH is 1. The van der Waals surface area contributed by atoms with Crippen LogP contribution in [0.1, 0.15) is 30.4 Å². The van der Waals surface area contributed by atoms with E-state index in [4.69, 9.17) is 5.11 Å². The average Bonchev–Trinajstić information content (AvgIpc) is 2.63. The molecular formula is C21H28NO+. The van der Waals surface area contributed by atoms with Crippen LogP contribution in [-0.2, 0) is 5.41 Å². The number of hydrogen-bond acceptors (Lipinski definition) is 1. The van der Waals surface area contributed by atoms with E-state index in [0.29, 0.717) is 6.61 Å². The van der Waals surface area contributed by atoms with Crippen molar-refractivity contribution in [1.82, 2.24) is 0 Å². The molecule has 1 aliphatic rings. The summed E-state index contributed by atoms with van der Waals surface area (Å²) in [5.41, 5.74) is 3.03. The third-order valence-corrected chi connectivity index (χ3v) is 5.67. The van der Waals surface area contributed by atoms with Crippen molar-refractivity contribution in [2.75, 3.05) is 33.3 Å². The largest absolute Gasteiger partial charge is 0.396 e. The molecule has 1 fully saturated rings. The molecule has 1 saturated heterocycles. The Kier molecular flexibility index (Phi) is 4.84. The smallest absolute Gasteiger partial charge is 0.0806 e. The Balaban J connectivity index is 1.91. The lowest BCUT2D eigenvalue weighted by atomic mass is 9.67. The molecule has 0 aromatic heterocycles. The minimum atomic E-state index is 0.138. The summed E-state index contributed by atoms with van der Waals surface area (Å²) in [6.07, 6.45) is 3.24. The fraction of sp³-hybridized carbons (Fsp3) is 0.429. The van der Waals surface area contributed by atoms with Crippen molar-refractivity contribution in [2.24, 2.45) is 0 Å². The molecule has 1 N–H and O–H groups in total. The SMILES string of the molecule is C[N+]1(CCCO)CCC(c2ccccc2)(c2ccccc2)CC1. The number of piperidine rings is 1. The summed E-state index contributed by atoms with van der Waals surface area (Å²) in [7, 11) is 2.34. The molecule has 23 heavy (non-hydrogen) atoms. The van der Waals surface area contributed by atoms with E-state index in [0.717, 1.165) is 17.4 Å². The highest BCUT2D eigenvalue weighted by molar-refractivity contribution is 5.39. The van der Waals surface area contributed by atoms with Crippen molar-refractivity contribution in [3.63, 3.8) is 0 Å². The minimum Gasteiger partial charge on any atom is -0.396 e. The van der Waals surface area contributed by atoms with Gasteiger partial charge in [-0.25, -0.2) is 0 Å². The predicted octanol–water partition coefficient (Wildman–Crippen LogP) is 3.60. The molecule has 0 saturated carbocycles. The van der Waals surface area contributed by atoms with Crippen LogP contribution in [0.2, 0.25) is 0 Å². The molecule has 3 rings (SSSR count). The molecule has 0 aliphatic carbocycles. The molecule has 2 nitrogen and oxygen atoms in total. The molecule has 0 spiro atoms. The number of benzene rings is 2. The zero-order valence-corrected chi connectivity index (χ0v) is 14.1. The van der Waals surface area contributed by atoms with Crippen molar-refractivity contribution in [2.45, 2.75) is 24.7 Å². The lowest BCUT2D eigenvalue weighted by molar-refractivity contribution is -0.915. The average molecular weight is 310 g/mol. The van der Waals surface area contributed by atoms with Gasteiger partial charge >= 0.3 is 0 Å². The van der Waals surface area contributed by atoms with Gasteiger partial charge in [0.1, 0.15) is 0 Å². The van der Waals surface area contributed by atoms with E-state index < -0.39 is 0 Å². The van der Waals surface area contributed by atoms with E-state index >= 15 is 0 Å². The van der Waals surface area contributed by atoms with Crippen LogP contribution in [-0.4, -0.2) is 42.9 Å². The number of quaternary nitrogens is 1. The van der Waals surface area contributed by atoms with Crippen LogP contribution in [0.5, 0.6) is 0 Å². The van der Waals surface area contributed by atoms with Gasteiger partial charge in [0.2, 0.25) is 0 Å². The fourth-order valence-electron chi connectivity index (χ4n) is 4.09. The maximum atomic E-state index is 9.16. The van der Waals surface area contributed by atoms with Gasteiger partial charge in [-0.3, -0.25) is 0 Å². The number of likely N-dealkylation sites (tertiary alicyclic amines) is 1. The number of hydrogen-bond donors (Lipinski definition) is 1. The maximum absolute atomic E-state index is 9.16. The standard InChI is InChI=1S/C21H28NO/c1-22(15-8-18-23)16-13-21(14-17-22,19-9-4-2-5-10-19)20-11-6-3-7-12-20/h2-7,9-12,23H,8,13-18H2,1H3/q+1. The number of rotatable bonds is 5. The minimum absolute atomic E-state index is 0.138. The summed E-state index contributed by atoms with van der Waals surface area (Å²) in [5.74, 6) is 0. The summed E-state index contributed by atoms with van der Waals surface area (Å²) in [4.78, 5) is 0. The second-order valence-electron chi connectivity index (χ2n) is 7.18. The summed E-state index contributed by atoms with van der Waals surface area (Å²) in [6.45, 7) is 3.72. The second-order valence-corrected chi connectivity index (χ2v) is 7.18. The Bertz CT molecular complexity index is 559. The summed E-state index contributed by atoms with van der Waals surface area (Å²) in [5, 5.41) is 9.16. The van der Waals surface area contributed by atoms with Crippen LogP contribution in [0.25, 0.3) is 0 Å². The van der Waals surface area contributed by atoms with Crippen molar-refractivity contribution in [3.8, 4) is 0 Å². The van der Waals surface area contributed by atoms with Gasteiger partial charge in [-0.05, 0) is 11.1 Å². The molecule has 0 radical (unpaired) electrons. The molecule has 1 aliphatic heterocycles. The number of aliphatic hydroxyl groups is 1. The highest BCUT2D eigenvalue weighted by Gasteiger charge is 2.42. The summed E-state index contributed by atoms with van der Waals surface area (Å²) >= 11 is 0. The van der Waals surface area contributed by atoms with Gasteiger partial charge in [0.25, 0.3) is 0 Å². The van der Waals surface area contributed by atoms with Crippen molar-refractivity contribution < 1.29 is 9.59 Å². The topological polar surface area (TPSA) is 20.2 Å². The molecule has 1 heterocycles. The molecule has 2 aromatic carbocycles. The molecule has 0 bridgehead atoms. The van der Waals surface area contributed by atoms with Crippen molar-refractivity contribution in [1.29, 1.82) is 0 Å².